The number of hydrogen-bond donors (Lipinski definition) is 3. The van der Waals surface area contributed by atoms with Crippen molar-refractivity contribution in [2.75, 3.05) is 25.8 Å². The van der Waals surface area contributed by atoms with E-state index in [0.29, 0.717) is 0 Å². The van der Waals surface area contributed by atoms with Crippen LogP contribution < -0.4 is 11.4 Å². The quantitative estimate of drug-likeness (QED) is 0.544. The number of nitrogens with two attached hydrogens (primary N) is 1. The lowest BCUT2D eigenvalue weighted by molar-refractivity contribution is 0.00295. The van der Waals surface area contributed by atoms with E-state index in [4.69, 9.17) is 25.0 Å². The van der Waals surface area contributed by atoms with E-state index in [1.807, 2.05) is 0 Å². The van der Waals surface area contributed by atoms with Gasteiger partial charge in [0.05, 0.1) is 19.3 Å². The summed E-state index contributed by atoms with van der Waals surface area (Å²) in [7, 11) is -2.85. The molecule has 0 bridgehead atoms. The van der Waals surface area contributed by atoms with Gasteiger partial charge in [-0.2, -0.15) is 4.98 Å². The second kappa shape index (κ2) is 6.78. The molecule has 0 saturated heterocycles. The van der Waals surface area contributed by atoms with Crippen LogP contribution >= 0.6 is 7.60 Å². The third kappa shape index (κ3) is 5.95. The van der Waals surface area contributed by atoms with Crippen molar-refractivity contribution in [1.82, 2.24) is 9.55 Å². The van der Waals surface area contributed by atoms with Gasteiger partial charge in [-0.3, -0.25) is 9.13 Å². The molecule has 0 fully saturated rings. The summed E-state index contributed by atoms with van der Waals surface area (Å²) in [4.78, 5) is 32.5. The Hall–Kier alpha value is -1.25. The fraction of sp³-hybridized carbons (Fsp3) is 0.556. The molecule has 1 heterocycles. The topological polar surface area (TPSA) is 137 Å². The number of methoxy groups -OCH3 is 1. The molecule has 1 atom stereocenters. The summed E-state index contributed by atoms with van der Waals surface area (Å²) in [5, 5.41) is 0. The summed E-state index contributed by atoms with van der Waals surface area (Å²) >= 11 is 0. The van der Waals surface area contributed by atoms with Crippen molar-refractivity contribution in [1.29, 1.82) is 0 Å². The first-order chi connectivity index (χ1) is 8.81. The molecule has 0 amide bonds. The Morgan fingerprint density at radius 1 is 1.58 bits per heavy atom. The molecule has 19 heavy (non-hydrogen) atoms. The van der Waals surface area contributed by atoms with Crippen molar-refractivity contribution in [2.45, 2.75) is 12.6 Å². The fourth-order valence-electron chi connectivity index (χ4n) is 1.34. The van der Waals surface area contributed by atoms with Crippen molar-refractivity contribution >= 4 is 13.4 Å². The highest BCUT2D eigenvalue weighted by Crippen LogP contribution is 2.34. The van der Waals surface area contributed by atoms with Gasteiger partial charge in [0, 0.05) is 13.3 Å². The minimum atomic E-state index is -4.27. The van der Waals surface area contributed by atoms with Crippen LogP contribution in [0, 0.1) is 0 Å². The van der Waals surface area contributed by atoms with Gasteiger partial charge in [0.15, 0.2) is 0 Å². The number of ether oxygens (including phenoxy) is 2. The summed E-state index contributed by atoms with van der Waals surface area (Å²) in [6, 6.07) is 1.44. The number of hydrogen-bond acceptors (Lipinski definition) is 6. The van der Waals surface area contributed by atoms with Gasteiger partial charge in [0.2, 0.25) is 0 Å². The van der Waals surface area contributed by atoms with E-state index in [0.717, 1.165) is 0 Å². The summed E-state index contributed by atoms with van der Waals surface area (Å²) in [6.07, 6.45) is 0.00699. The second-order valence-electron chi connectivity index (χ2n) is 3.83. The van der Waals surface area contributed by atoms with Gasteiger partial charge < -0.3 is 25.0 Å². The van der Waals surface area contributed by atoms with E-state index in [1.54, 1.807) is 0 Å². The normalized spacial score (nSPS) is 13.4. The Morgan fingerprint density at radius 2 is 2.26 bits per heavy atom. The zero-order valence-corrected chi connectivity index (χ0v) is 11.2. The number of rotatable bonds is 7. The minimum absolute atomic E-state index is 0.0555. The Balaban J connectivity index is 2.72. The van der Waals surface area contributed by atoms with E-state index in [9.17, 15) is 9.36 Å². The van der Waals surface area contributed by atoms with E-state index < -0.39 is 25.7 Å². The molecule has 4 N–H and O–H groups in total. The van der Waals surface area contributed by atoms with Crippen LogP contribution in [0.5, 0.6) is 0 Å². The van der Waals surface area contributed by atoms with E-state index in [2.05, 4.69) is 4.98 Å². The smallest absolute Gasteiger partial charge is 0.350 e. The molecule has 0 aliphatic heterocycles. The zero-order valence-electron chi connectivity index (χ0n) is 10.3. The lowest BCUT2D eigenvalue weighted by Gasteiger charge is -2.18. The highest BCUT2D eigenvalue weighted by molar-refractivity contribution is 7.51. The van der Waals surface area contributed by atoms with Gasteiger partial charge >= 0.3 is 13.3 Å². The van der Waals surface area contributed by atoms with E-state index in [1.165, 1.54) is 23.9 Å². The molecule has 108 valence electrons. The molecule has 0 aliphatic rings. The van der Waals surface area contributed by atoms with Gasteiger partial charge in [-0.15, -0.1) is 0 Å². The summed E-state index contributed by atoms with van der Waals surface area (Å²) < 4.78 is 21.9. The lowest BCUT2D eigenvalue weighted by atomic mass is 10.3. The first-order valence-corrected chi connectivity index (χ1v) is 7.09. The Morgan fingerprint density at radius 3 is 2.79 bits per heavy atom. The van der Waals surface area contributed by atoms with Crippen LogP contribution in [0.4, 0.5) is 5.82 Å². The van der Waals surface area contributed by atoms with E-state index >= 15 is 0 Å². The van der Waals surface area contributed by atoms with Crippen LogP contribution in [-0.2, 0) is 20.6 Å². The van der Waals surface area contributed by atoms with Crippen molar-refractivity contribution in [3.05, 3.63) is 22.7 Å². The molecule has 0 aromatic carbocycles. The third-order valence-corrected chi connectivity index (χ3v) is 2.61. The molecule has 1 aromatic rings. The summed E-state index contributed by atoms with van der Waals surface area (Å²) in [5.41, 5.74) is 4.78. The van der Waals surface area contributed by atoms with Gasteiger partial charge in [-0.25, -0.2) is 4.79 Å². The molecule has 1 aromatic heterocycles. The first-order valence-electron chi connectivity index (χ1n) is 5.30. The summed E-state index contributed by atoms with van der Waals surface area (Å²) in [5.74, 6) is 0.0978. The van der Waals surface area contributed by atoms with Gasteiger partial charge in [-0.1, -0.05) is 0 Å². The van der Waals surface area contributed by atoms with Crippen LogP contribution in [0.2, 0.25) is 0 Å². The summed E-state index contributed by atoms with van der Waals surface area (Å²) in [6.45, 7) is 0.136. The van der Waals surface area contributed by atoms with Crippen LogP contribution in [0.3, 0.4) is 0 Å². The maximum atomic E-state index is 11.5. The van der Waals surface area contributed by atoms with Crippen LogP contribution in [-0.4, -0.2) is 45.5 Å². The maximum absolute atomic E-state index is 11.5. The standard InChI is InChI=1S/C9H16N3O6P/c1-17-5-7(18-6-19(14,15)16)4-12-3-2-8(10)11-9(12)13/h2-3,7H,4-6H2,1H3,(H2,10,11,13)(H2,14,15,16)/t7-/m1/s1. The van der Waals surface area contributed by atoms with Crippen LogP contribution in [0.15, 0.2) is 17.1 Å². The number of aromatic nitrogens is 2. The lowest BCUT2D eigenvalue weighted by Crippen LogP contribution is -2.32. The molecule has 0 spiro atoms. The molecule has 1 rings (SSSR count). The van der Waals surface area contributed by atoms with Crippen molar-refractivity contribution in [3.8, 4) is 0 Å². The van der Waals surface area contributed by atoms with Gasteiger partial charge in [0.25, 0.3) is 0 Å². The average Bonchev–Trinajstić information content (AvgIpc) is 2.28. The van der Waals surface area contributed by atoms with Gasteiger partial charge in [-0.05, 0) is 6.07 Å². The Kier molecular flexibility index (Phi) is 5.64. The molecule has 0 unspecified atom stereocenters. The van der Waals surface area contributed by atoms with Crippen molar-refractivity contribution in [3.63, 3.8) is 0 Å². The minimum Gasteiger partial charge on any atom is -0.383 e. The number of nitrogen functional groups attached to an aromatic ring is 1. The monoisotopic (exact) mass is 293 g/mol. The predicted octanol–water partition coefficient (Wildman–Crippen LogP) is -1.01. The Labute approximate surface area is 109 Å². The average molecular weight is 293 g/mol. The molecule has 9 nitrogen and oxygen atoms in total. The Bertz CT molecular complexity index is 513. The van der Waals surface area contributed by atoms with Crippen LogP contribution in [0.25, 0.3) is 0 Å². The predicted molar refractivity (Wildman–Crippen MR) is 66.6 cm³/mol. The van der Waals surface area contributed by atoms with Gasteiger partial charge in [0.1, 0.15) is 12.2 Å². The molecular weight excluding hydrogens is 277 g/mol. The molecule has 10 heteroatoms. The van der Waals surface area contributed by atoms with Crippen LogP contribution in [0.1, 0.15) is 0 Å². The SMILES string of the molecule is COC[C@@H](Cn1ccc(N)nc1=O)OCP(=O)(O)O. The molecular formula is C9H16N3O6P. The number of nitrogens with zero attached hydrogens (tertiary/aromatic N) is 2. The molecule has 0 saturated carbocycles. The molecule has 0 aliphatic carbocycles. The van der Waals surface area contributed by atoms with Crippen molar-refractivity contribution < 1.29 is 23.8 Å². The van der Waals surface area contributed by atoms with Crippen molar-refractivity contribution in [2.24, 2.45) is 0 Å². The van der Waals surface area contributed by atoms with E-state index in [-0.39, 0.29) is 19.0 Å². The largest absolute Gasteiger partial charge is 0.383 e. The highest BCUT2D eigenvalue weighted by Gasteiger charge is 2.18. The number of anilines is 1. The second-order valence-corrected chi connectivity index (χ2v) is 5.41. The maximum Gasteiger partial charge on any atom is 0.350 e. The fourth-order valence-corrected chi connectivity index (χ4v) is 1.75. The third-order valence-electron chi connectivity index (χ3n) is 2.13. The highest BCUT2D eigenvalue weighted by atomic mass is 31.2. The zero-order chi connectivity index (χ0) is 14.5. The molecule has 0 radical (unpaired) electrons. The first kappa shape index (κ1) is 15.8.